The van der Waals surface area contributed by atoms with Crippen LogP contribution in [-0.4, -0.2) is 75.5 Å². The highest BCUT2D eigenvalue weighted by molar-refractivity contribution is 6.32. The molecule has 0 bridgehead atoms. The van der Waals surface area contributed by atoms with Crippen molar-refractivity contribution in [2.24, 2.45) is 0 Å². The molecule has 0 aromatic heterocycles. The molecule has 0 saturated carbocycles. The number of nitrogens with zero attached hydrogens (tertiary/aromatic N) is 2. The molecule has 166 valence electrons. The number of ether oxygens (including phenoxy) is 1. The molecule has 9 nitrogen and oxygen atoms in total. The molecule has 2 aliphatic heterocycles. The van der Waals surface area contributed by atoms with Crippen molar-refractivity contribution in [2.75, 3.05) is 19.7 Å². The number of aliphatic hydroxyl groups is 2. The van der Waals surface area contributed by atoms with Crippen LogP contribution in [0.2, 0.25) is 5.02 Å². The van der Waals surface area contributed by atoms with E-state index in [1.54, 1.807) is 24.3 Å². The van der Waals surface area contributed by atoms with Crippen molar-refractivity contribution in [3.63, 3.8) is 0 Å². The van der Waals surface area contributed by atoms with Gasteiger partial charge < -0.3 is 25.2 Å². The number of carbonyl (C=O) groups excluding carboxylic acids is 2. The summed E-state index contributed by atoms with van der Waals surface area (Å²) < 4.78 is 5.74. The summed E-state index contributed by atoms with van der Waals surface area (Å²) in [5, 5.41) is 29.5. The number of hydrogen-bond acceptors (Lipinski definition) is 7. The number of hydrogen-bond donors (Lipinski definition) is 4. The molecule has 0 radical (unpaired) electrons. The number of nitrogens with one attached hydrogen (secondary N) is 2. The minimum absolute atomic E-state index is 0.0295. The standard InChI is InChI=1S/C21H25ClN4O5/c1-13-8-17(21(30)26(13)19(23)6-7-24-10-14(28)12-27)25-11-15(9-20(25)29)31-18-5-3-2-4-16(18)22/h2-7,9,13-14,17,23-24,27-28H,8,10-12H2,1H3/b7-6-,23-19?/t13?,14-,17+/m1/s1. The molecule has 1 aromatic carbocycles. The second kappa shape index (κ2) is 9.95. The van der Waals surface area contributed by atoms with Gasteiger partial charge in [-0.25, -0.2) is 0 Å². The Morgan fingerprint density at radius 3 is 2.87 bits per heavy atom. The van der Waals surface area contributed by atoms with E-state index in [-0.39, 0.29) is 43.4 Å². The first-order valence-electron chi connectivity index (χ1n) is 9.85. The maximum atomic E-state index is 13.0. The van der Waals surface area contributed by atoms with Gasteiger partial charge in [0.1, 0.15) is 23.4 Å². The zero-order valence-electron chi connectivity index (χ0n) is 17.0. The largest absolute Gasteiger partial charge is 0.458 e. The van der Waals surface area contributed by atoms with Crippen LogP contribution in [0.1, 0.15) is 13.3 Å². The van der Waals surface area contributed by atoms with Crippen molar-refractivity contribution < 1.29 is 24.5 Å². The Kier molecular flexibility index (Phi) is 7.32. The lowest BCUT2D eigenvalue weighted by Crippen LogP contribution is -2.44. The van der Waals surface area contributed by atoms with E-state index in [2.05, 4.69) is 5.32 Å². The van der Waals surface area contributed by atoms with E-state index in [9.17, 15) is 14.7 Å². The lowest BCUT2D eigenvalue weighted by Gasteiger charge is -2.23. The highest BCUT2D eigenvalue weighted by Crippen LogP contribution is 2.30. The monoisotopic (exact) mass is 448 g/mol. The Balaban J connectivity index is 1.61. The highest BCUT2D eigenvalue weighted by Gasteiger charge is 2.45. The average Bonchev–Trinajstić information content (AvgIpc) is 3.24. The van der Waals surface area contributed by atoms with Crippen LogP contribution in [0, 0.1) is 5.41 Å². The van der Waals surface area contributed by atoms with Gasteiger partial charge in [-0.2, -0.15) is 0 Å². The fraction of sp³-hybridized carbons (Fsp3) is 0.381. The van der Waals surface area contributed by atoms with Crippen molar-refractivity contribution >= 4 is 29.3 Å². The Bertz CT molecular complexity index is 919. The molecule has 1 unspecified atom stereocenters. The number of benzene rings is 1. The molecule has 10 heteroatoms. The summed E-state index contributed by atoms with van der Waals surface area (Å²) in [7, 11) is 0. The zero-order valence-corrected chi connectivity index (χ0v) is 17.7. The van der Waals surface area contributed by atoms with Crippen molar-refractivity contribution in [3.8, 4) is 5.75 Å². The summed E-state index contributed by atoms with van der Waals surface area (Å²) >= 11 is 6.10. The molecule has 1 saturated heterocycles. The summed E-state index contributed by atoms with van der Waals surface area (Å²) in [6, 6.07) is 5.97. The van der Waals surface area contributed by atoms with Crippen molar-refractivity contribution in [1.29, 1.82) is 5.41 Å². The van der Waals surface area contributed by atoms with Crippen LogP contribution in [0.4, 0.5) is 0 Å². The molecular weight excluding hydrogens is 424 g/mol. The fourth-order valence-corrected chi connectivity index (χ4v) is 3.69. The normalized spacial score (nSPS) is 22.3. The lowest BCUT2D eigenvalue weighted by atomic mass is 10.1. The van der Waals surface area contributed by atoms with Crippen LogP contribution in [0.25, 0.3) is 0 Å². The van der Waals surface area contributed by atoms with Gasteiger partial charge in [0.25, 0.3) is 11.8 Å². The van der Waals surface area contributed by atoms with Crippen LogP contribution in [0.15, 0.2) is 48.4 Å². The molecule has 0 spiro atoms. The molecule has 2 heterocycles. The number of rotatable bonds is 8. The molecule has 1 fully saturated rings. The van der Waals surface area contributed by atoms with E-state index in [4.69, 9.17) is 26.9 Å². The Morgan fingerprint density at radius 1 is 1.42 bits per heavy atom. The SMILES string of the molecule is CC1C[C@H](N2CC(Oc3ccccc3Cl)=CC2=O)C(=O)N1C(=N)/C=C\NC[C@@H](O)CO. The Labute approximate surface area is 185 Å². The minimum atomic E-state index is -0.911. The maximum Gasteiger partial charge on any atom is 0.251 e. The lowest BCUT2D eigenvalue weighted by molar-refractivity contribution is -0.136. The predicted octanol–water partition coefficient (Wildman–Crippen LogP) is 0.868. The van der Waals surface area contributed by atoms with Gasteiger partial charge in [-0.05, 0) is 31.6 Å². The maximum absolute atomic E-state index is 13.0. The number of likely N-dealkylation sites (tertiary alicyclic amines) is 1. The van der Waals surface area contributed by atoms with Crippen LogP contribution in [0.3, 0.4) is 0 Å². The summed E-state index contributed by atoms with van der Waals surface area (Å²) in [4.78, 5) is 28.3. The van der Waals surface area contributed by atoms with Crippen LogP contribution in [-0.2, 0) is 9.59 Å². The van der Waals surface area contributed by atoms with Crippen molar-refractivity contribution in [2.45, 2.75) is 31.5 Å². The second-order valence-electron chi connectivity index (χ2n) is 7.38. The third-order valence-electron chi connectivity index (χ3n) is 5.06. The predicted molar refractivity (Wildman–Crippen MR) is 115 cm³/mol. The van der Waals surface area contributed by atoms with E-state index >= 15 is 0 Å². The minimum Gasteiger partial charge on any atom is -0.458 e. The Hall–Kier alpha value is -2.88. The number of amidine groups is 1. The van der Waals surface area contributed by atoms with Crippen LogP contribution < -0.4 is 10.1 Å². The highest BCUT2D eigenvalue weighted by atomic mass is 35.5. The van der Waals surface area contributed by atoms with E-state index in [0.717, 1.165) is 0 Å². The van der Waals surface area contributed by atoms with Crippen molar-refractivity contribution in [3.05, 3.63) is 53.4 Å². The summed E-state index contributed by atoms with van der Waals surface area (Å²) in [6.45, 7) is 1.71. The second-order valence-corrected chi connectivity index (χ2v) is 7.79. The van der Waals surface area contributed by atoms with Gasteiger partial charge >= 0.3 is 0 Å². The molecule has 0 aliphatic carbocycles. The summed E-state index contributed by atoms with van der Waals surface area (Å²) in [6.07, 6.45) is 3.67. The van der Waals surface area contributed by atoms with E-state index in [0.29, 0.717) is 23.0 Å². The third kappa shape index (κ3) is 5.25. The summed E-state index contributed by atoms with van der Waals surface area (Å²) in [5.41, 5.74) is 0. The molecule has 4 N–H and O–H groups in total. The fourth-order valence-electron chi connectivity index (χ4n) is 3.52. The first-order valence-corrected chi connectivity index (χ1v) is 10.2. The number of halogens is 1. The average molecular weight is 449 g/mol. The van der Waals surface area contributed by atoms with E-state index in [1.165, 1.54) is 28.2 Å². The first-order chi connectivity index (χ1) is 14.8. The van der Waals surface area contributed by atoms with Gasteiger partial charge in [-0.15, -0.1) is 0 Å². The molecule has 3 rings (SSSR count). The van der Waals surface area contributed by atoms with E-state index in [1.807, 2.05) is 6.92 Å². The molecule has 31 heavy (non-hydrogen) atoms. The van der Waals surface area contributed by atoms with Crippen LogP contribution >= 0.6 is 11.6 Å². The van der Waals surface area contributed by atoms with Crippen LogP contribution in [0.5, 0.6) is 5.75 Å². The molecule has 3 atom stereocenters. The molecule has 2 amide bonds. The smallest absolute Gasteiger partial charge is 0.251 e. The number of aliphatic hydroxyl groups excluding tert-OH is 2. The summed E-state index contributed by atoms with van der Waals surface area (Å²) in [5.74, 6) is 0.148. The van der Waals surface area contributed by atoms with Gasteiger partial charge in [-0.3, -0.25) is 19.9 Å². The van der Waals surface area contributed by atoms with E-state index < -0.39 is 12.1 Å². The van der Waals surface area contributed by atoms with Gasteiger partial charge in [0.05, 0.1) is 24.3 Å². The molecule has 2 aliphatic rings. The van der Waals surface area contributed by atoms with Crippen molar-refractivity contribution in [1.82, 2.24) is 15.1 Å². The van der Waals surface area contributed by atoms with Gasteiger partial charge in [-0.1, -0.05) is 23.7 Å². The number of para-hydroxylation sites is 1. The molecular formula is C21H25ClN4O5. The zero-order chi connectivity index (χ0) is 22.5. The first kappa shape index (κ1) is 22.8. The topological polar surface area (TPSA) is 126 Å². The number of carbonyl (C=O) groups is 2. The Morgan fingerprint density at radius 2 is 2.16 bits per heavy atom. The quantitative estimate of drug-likeness (QED) is 0.345. The molecule has 1 aromatic rings. The van der Waals surface area contributed by atoms with Gasteiger partial charge in [0, 0.05) is 24.9 Å². The number of amides is 2. The van der Waals surface area contributed by atoms with Gasteiger partial charge in [0.15, 0.2) is 0 Å². The van der Waals surface area contributed by atoms with Gasteiger partial charge in [0.2, 0.25) is 0 Å². The third-order valence-corrected chi connectivity index (χ3v) is 5.37.